The second-order valence-corrected chi connectivity index (χ2v) is 2.74. The number of rotatable bonds is 6. The van der Waals surface area contributed by atoms with Gasteiger partial charge in [0, 0.05) is 0 Å². The van der Waals surface area contributed by atoms with Crippen molar-refractivity contribution in [1.82, 2.24) is 0 Å². The first-order valence-corrected chi connectivity index (χ1v) is 4.21. The first-order chi connectivity index (χ1) is 5.68. The third kappa shape index (κ3) is 5.92. The van der Waals surface area contributed by atoms with E-state index in [0.29, 0.717) is 6.61 Å². The van der Waals surface area contributed by atoms with Gasteiger partial charge in [0.15, 0.2) is 0 Å². The number of carbonyl (C=O) groups excluding carboxylic acids is 1. The maximum Gasteiger partial charge on any atom is 0.322 e. The third-order valence-electron chi connectivity index (χ3n) is 1.42. The van der Waals surface area contributed by atoms with Crippen molar-refractivity contribution < 1.29 is 9.53 Å². The average Bonchev–Trinajstić information content (AvgIpc) is 2.03. The van der Waals surface area contributed by atoms with Gasteiger partial charge in [-0.1, -0.05) is 6.08 Å². The number of esters is 1. The molecule has 0 unspecified atom stereocenters. The second kappa shape index (κ2) is 6.85. The second-order valence-electron chi connectivity index (χ2n) is 2.74. The average molecular weight is 171 g/mol. The highest BCUT2D eigenvalue weighted by Gasteiger charge is 2.06. The molecule has 0 amide bonds. The van der Waals surface area contributed by atoms with Gasteiger partial charge < -0.3 is 10.5 Å². The molecular formula is C9H17NO2. The van der Waals surface area contributed by atoms with Crippen LogP contribution in [0.15, 0.2) is 12.7 Å². The molecule has 3 heteroatoms. The largest absolute Gasteiger partial charge is 0.465 e. The fourth-order valence-corrected chi connectivity index (χ4v) is 0.695. The summed E-state index contributed by atoms with van der Waals surface area (Å²) in [6, 6.07) is -0.510. The summed E-state index contributed by atoms with van der Waals surface area (Å²) in [5, 5.41) is 0. The number of nitrogens with two attached hydrogens (primary N) is 1. The minimum Gasteiger partial charge on any atom is -0.465 e. The molecule has 1 atom stereocenters. The predicted molar refractivity (Wildman–Crippen MR) is 48.7 cm³/mol. The molecule has 0 bridgehead atoms. The van der Waals surface area contributed by atoms with E-state index in [1.807, 2.05) is 6.08 Å². The van der Waals surface area contributed by atoms with Crippen molar-refractivity contribution in [2.75, 3.05) is 6.61 Å². The minimum absolute atomic E-state index is 0.325. The van der Waals surface area contributed by atoms with Gasteiger partial charge in [0.25, 0.3) is 0 Å². The smallest absolute Gasteiger partial charge is 0.322 e. The Kier molecular flexibility index (Phi) is 6.38. The molecule has 0 heterocycles. The van der Waals surface area contributed by atoms with Gasteiger partial charge in [0.2, 0.25) is 0 Å². The van der Waals surface area contributed by atoms with E-state index in [0.717, 1.165) is 19.3 Å². The maximum absolute atomic E-state index is 10.8. The SMILES string of the molecule is C=CCCCCOC(=O)[C@H](C)N. The quantitative estimate of drug-likeness (QED) is 0.371. The Balaban J connectivity index is 3.19. The Morgan fingerprint density at radius 1 is 1.67 bits per heavy atom. The van der Waals surface area contributed by atoms with Crippen LogP contribution >= 0.6 is 0 Å². The van der Waals surface area contributed by atoms with Gasteiger partial charge in [0.05, 0.1) is 6.61 Å². The highest BCUT2D eigenvalue weighted by molar-refractivity contribution is 5.74. The molecular weight excluding hydrogens is 154 g/mol. The Bertz CT molecular complexity index is 143. The van der Waals surface area contributed by atoms with Crippen LogP contribution in [0.25, 0.3) is 0 Å². The molecule has 0 rings (SSSR count). The molecule has 0 aromatic rings. The standard InChI is InChI=1S/C9H17NO2/c1-3-4-5-6-7-12-9(11)8(2)10/h3,8H,1,4-7,10H2,2H3/t8-/m0/s1. The van der Waals surface area contributed by atoms with Crippen LogP contribution in [0.2, 0.25) is 0 Å². The van der Waals surface area contributed by atoms with Crippen molar-refractivity contribution in [3.8, 4) is 0 Å². The Hall–Kier alpha value is -0.830. The number of hydrogen-bond donors (Lipinski definition) is 1. The van der Waals surface area contributed by atoms with Crippen molar-refractivity contribution in [1.29, 1.82) is 0 Å². The molecule has 0 aromatic carbocycles. The van der Waals surface area contributed by atoms with Crippen LogP contribution in [0, 0.1) is 0 Å². The van der Waals surface area contributed by atoms with Crippen LogP contribution in [0.5, 0.6) is 0 Å². The molecule has 3 nitrogen and oxygen atoms in total. The lowest BCUT2D eigenvalue weighted by atomic mass is 10.2. The molecule has 0 spiro atoms. The van der Waals surface area contributed by atoms with E-state index >= 15 is 0 Å². The van der Waals surface area contributed by atoms with Crippen molar-refractivity contribution in [3.63, 3.8) is 0 Å². The summed E-state index contributed by atoms with van der Waals surface area (Å²) in [6.07, 6.45) is 4.71. The highest BCUT2D eigenvalue weighted by Crippen LogP contribution is 1.96. The number of unbranched alkanes of at least 4 members (excludes halogenated alkanes) is 2. The zero-order valence-corrected chi connectivity index (χ0v) is 7.58. The molecule has 2 N–H and O–H groups in total. The lowest BCUT2D eigenvalue weighted by Crippen LogP contribution is -2.28. The Morgan fingerprint density at radius 3 is 2.83 bits per heavy atom. The summed E-state index contributed by atoms with van der Waals surface area (Å²) in [5.41, 5.74) is 5.29. The van der Waals surface area contributed by atoms with Crippen LogP contribution in [0.1, 0.15) is 26.2 Å². The Morgan fingerprint density at radius 2 is 2.33 bits per heavy atom. The topological polar surface area (TPSA) is 52.3 Å². The van der Waals surface area contributed by atoms with Crippen LogP contribution in [0.4, 0.5) is 0 Å². The van der Waals surface area contributed by atoms with Crippen molar-refractivity contribution >= 4 is 5.97 Å². The summed E-state index contributed by atoms with van der Waals surface area (Å²) >= 11 is 0. The molecule has 12 heavy (non-hydrogen) atoms. The number of ether oxygens (including phenoxy) is 1. The summed E-state index contributed by atoms with van der Waals surface area (Å²) < 4.78 is 4.85. The van der Waals surface area contributed by atoms with Gasteiger partial charge in [-0.05, 0) is 26.2 Å². The first-order valence-electron chi connectivity index (χ1n) is 4.21. The van der Waals surface area contributed by atoms with E-state index in [1.54, 1.807) is 6.92 Å². The zero-order chi connectivity index (χ0) is 9.40. The monoisotopic (exact) mass is 171 g/mol. The van der Waals surface area contributed by atoms with Crippen LogP contribution in [0.3, 0.4) is 0 Å². The number of hydrogen-bond acceptors (Lipinski definition) is 3. The lowest BCUT2D eigenvalue weighted by molar-refractivity contribution is -0.144. The van der Waals surface area contributed by atoms with E-state index < -0.39 is 6.04 Å². The molecule has 0 aliphatic rings. The lowest BCUT2D eigenvalue weighted by Gasteiger charge is -2.05. The third-order valence-corrected chi connectivity index (χ3v) is 1.42. The van der Waals surface area contributed by atoms with E-state index in [1.165, 1.54) is 0 Å². The maximum atomic E-state index is 10.8. The van der Waals surface area contributed by atoms with E-state index in [9.17, 15) is 4.79 Å². The van der Waals surface area contributed by atoms with Gasteiger partial charge in [-0.15, -0.1) is 6.58 Å². The molecule has 0 saturated carbocycles. The molecule has 0 radical (unpaired) electrons. The fraction of sp³-hybridized carbons (Fsp3) is 0.667. The molecule has 0 aromatic heterocycles. The van der Waals surface area contributed by atoms with Crippen LogP contribution in [-0.2, 0) is 9.53 Å². The van der Waals surface area contributed by atoms with Crippen molar-refractivity contribution in [2.45, 2.75) is 32.2 Å². The number of allylic oxidation sites excluding steroid dienone is 1. The minimum atomic E-state index is -0.510. The summed E-state index contributed by atoms with van der Waals surface area (Å²) in [4.78, 5) is 10.8. The van der Waals surface area contributed by atoms with E-state index in [-0.39, 0.29) is 5.97 Å². The summed E-state index contributed by atoms with van der Waals surface area (Å²) in [6.45, 7) is 5.68. The van der Waals surface area contributed by atoms with Crippen LogP contribution in [-0.4, -0.2) is 18.6 Å². The van der Waals surface area contributed by atoms with Crippen LogP contribution < -0.4 is 5.73 Å². The van der Waals surface area contributed by atoms with Gasteiger partial charge in [0.1, 0.15) is 6.04 Å². The predicted octanol–water partition coefficient (Wildman–Crippen LogP) is 1.23. The molecule has 0 aliphatic carbocycles. The zero-order valence-electron chi connectivity index (χ0n) is 7.58. The van der Waals surface area contributed by atoms with Crippen molar-refractivity contribution in [2.24, 2.45) is 5.73 Å². The molecule has 70 valence electrons. The normalized spacial score (nSPS) is 12.2. The first kappa shape index (κ1) is 11.2. The summed E-state index contributed by atoms with van der Waals surface area (Å²) in [5.74, 6) is -0.325. The Labute approximate surface area is 73.6 Å². The van der Waals surface area contributed by atoms with E-state index in [2.05, 4.69) is 6.58 Å². The fourth-order valence-electron chi connectivity index (χ4n) is 0.695. The highest BCUT2D eigenvalue weighted by atomic mass is 16.5. The van der Waals surface area contributed by atoms with Gasteiger partial charge in [-0.25, -0.2) is 0 Å². The van der Waals surface area contributed by atoms with E-state index in [4.69, 9.17) is 10.5 Å². The molecule has 0 aliphatic heterocycles. The number of carbonyl (C=O) groups is 1. The molecule has 0 saturated heterocycles. The van der Waals surface area contributed by atoms with Crippen molar-refractivity contribution in [3.05, 3.63) is 12.7 Å². The molecule has 0 fully saturated rings. The van der Waals surface area contributed by atoms with Gasteiger partial charge in [-0.3, -0.25) is 4.79 Å². The summed E-state index contributed by atoms with van der Waals surface area (Å²) in [7, 11) is 0. The van der Waals surface area contributed by atoms with Gasteiger partial charge >= 0.3 is 5.97 Å². The van der Waals surface area contributed by atoms with Gasteiger partial charge in [-0.2, -0.15) is 0 Å².